The Balaban J connectivity index is 1.60. The molecule has 1 aliphatic carbocycles. The second-order valence-corrected chi connectivity index (χ2v) is 6.42. The fourth-order valence-corrected chi connectivity index (χ4v) is 3.52. The van der Waals surface area contributed by atoms with E-state index in [1.54, 1.807) is 0 Å². The zero-order valence-corrected chi connectivity index (χ0v) is 13.2. The van der Waals surface area contributed by atoms with Crippen LogP contribution in [0.2, 0.25) is 0 Å². The van der Waals surface area contributed by atoms with Crippen LogP contribution in [0.5, 0.6) is 5.75 Å². The molecule has 1 heterocycles. The van der Waals surface area contributed by atoms with E-state index in [-0.39, 0.29) is 0 Å². The van der Waals surface area contributed by atoms with Gasteiger partial charge in [-0.3, -0.25) is 0 Å². The maximum atomic E-state index is 5.65. The van der Waals surface area contributed by atoms with Crippen molar-refractivity contribution in [1.82, 2.24) is 5.32 Å². The SMILES string of the molecule is CCC(Cc1ccc2c(c1)NCCO2)NC1CCCCC1. The third-order valence-electron chi connectivity index (χ3n) is 4.77. The van der Waals surface area contributed by atoms with Crippen molar-refractivity contribution in [3.63, 3.8) is 0 Å². The molecule has 0 spiro atoms. The molecule has 2 N–H and O–H groups in total. The molecule has 21 heavy (non-hydrogen) atoms. The standard InChI is InChI=1S/C18H28N2O/c1-2-15(20-16-6-4-3-5-7-16)12-14-8-9-18-17(13-14)19-10-11-21-18/h8-9,13,15-16,19-20H,2-7,10-12H2,1H3. The summed E-state index contributed by atoms with van der Waals surface area (Å²) < 4.78 is 5.65. The van der Waals surface area contributed by atoms with Crippen LogP contribution in [0.1, 0.15) is 51.0 Å². The number of rotatable bonds is 5. The van der Waals surface area contributed by atoms with E-state index in [0.29, 0.717) is 6.04 Å². The lowest BCUT2D eigenvalue weighted by Gasteiger charge is -2.28. The van der Waals surface area contributed by atoms with Crippen LogP contribution in [0.3, 0.4) is 0 Å². The summed E-state index contributed by atoms with van der Waals surface area (Å²) in [7, 11) is 0. The Morgan fingerprint density at radius 3 is 2.95 bits per heavy atom. The number of fused-ring (bicyclic) bond motifs is 1. The van der Waals surface area contributed by atoms with Gasteiger partial charge >= 0.3 is 0 Å². The molecule has 1 aliphatic heterocycles. The number of anilines is 1. The molecule has 0 saturated heterocycles. The number of hydrogen-bond donors (Lipinski definition) is 2. The van der Waals surface area contributed by atoms with Gasteiger partial charge < -0.3 is 15.4 Å². The first-order valence-electron chi connectivity index (χ1n) is 8.61. The highest BCUT2D eigenvalue weighted by Crippen LogP contribution is 2.28. The summed E-state index contributed by atoms with van der Waals surface area (Å²) in [5.41, 5.74) is 2.56. The van der Waals surface area contributed by atoms with E-state index in [9.17, 15) is 0 Å². The third-order valence-corrected chi connectivity index (χ3v) is 4.77. The molecular formula is C18H28N2O. The second-order valence-electron chi connectivity index (χ2n) is 6.42. The van der Waals surface area contributed by atoms with E-state index in [0.717, 1.165) is 37.1 Å². The zero-order chi connectivity index (χ0) is 14.5. The molecule has 116 valence electrons. The van der Waals surface area contributed by atoms with Crippen LogP contribution in [-0.2, 0) is 6.42 Å². The number of ether oxygens (including phenoxy) is 1. The van der Waals surface area contributed by atoms with Gasteiger partial charge in [-0.15, -0.1) is 0 Å². The minimum atomic E-state index is 0.593. The van der Waals surface area contributed by atoms with Gasteiger partial charge in [0.15, 0.2) is 0 Å². The molecule has 0 aromatic heterocycles. The smallest absolute Gasteiger partial charge is 0.142 e. The molecule has 1 unspecified atom stereocenters. The summed E-state index contributed by atoms with van der Waals surface area (Å²) in [4.78, 5) is 0. The summed E-state index contributed by atoms with van der Waals surface area (Å²) in [5, 5.41) is 7.31. The summed E-state index contributed by atoms with van der Waals surface area (Å²) in [6.45, 7) is 3.97. The van der Waals surface area contributed by atoms with Gasteiger partial charge in [-0.1, -0.05) is 32.3 Å². The van der Waals surface area contributed by atoms with Crippen LogP contribution in [0.25, 0.3) is 0 Å². The average Bonchev–Trinajstić information content (AvgIpc) is 2.55. The largest absolute Gasteiger partial charge is 0.490 e. The average molecular weight is 288 g/mol. The van der Waals surface area contributed by atoms with Crippen molar-refractivity contribution < 1.29 is 4.74 Å². The zero-order valence-electron chi connectivity index (χ0n) is 13.2. The van der Waals surface area contributed by atoms with Gasteiger partial charge in [0.25, 0.3) is 0 Å². The molecular weight excluding hydrogens is 260 g/mol. The summed E-state index contributed by atoms with van der Waals surface area (Å²) in [6, 6.07) is 7.93. The lowest BCUT2D eigenvalue weighted by atomic mass is 9.93. The van der Waals surface area contributed by atoms with E-state index in [1.807, 2.05) is 0 Å². The van der Waals surface area contributed by atoms with Gasteiger partial charge in [-0.05, 0) is 43.4 Å². The van der Waals surface area contributed by atoms with Crippen LogP contribution < -0.4 is 15.4 Å². The normalized spacial score (nSPS) is 20.2. The minimum Gasteiger partial charge on any atom is -0.490 e. The molecule has 1 aromatic carbocycles. The summed E-state index contributed by atoms with van der Waals surface area (Å²) >= 11 is 0. The van der Waals surface area contributed by atoms with Crippen molar-refractivity contribution in [2.75, 3.05) is 18.5 Å². The van der Waals surface area contributed by atoms with Crippen molar-refractivity contribution in [1.29, 1.82) is 0 Å². The van der Waals surface area contributed by atoms with E-state index in [1.165, 1.54) is 44.1 Å². The number of benzene rings is 1. The van der Waals surface area contributed by atoms with Crippen molar-refractivity contribution in [3.05, 3.63) is 23.8 Å². The molecule has 0 radical (unpaired) electrons. The van der Waals surface area contributed by atoms with E-state index in [2.05, 4.69) is 35.8 Å². The third kappa shape index (κ3) is 3.91. The number of nitrogens with one attached hydrogen (secondary N) is 2. The summed E-state index contributed by atoms with van der Waals surface area (Å²) in [6.07, 6.45) is 9.24. The molecule has 3 nitrogen and oxygen atoms in total. The predicted molar refractivity (Wildman–Crippen MR) is 88.2 cm³/mol. The summed E-state index contributed by atoms with van der Waals surface area (Å²) in [5.74, 6) is 0.998. The van der Waals surface area contributed by atoms with Gasteiger partial charge in [0.05, 0.1) is 5.69 Å². The Hall–Kier alpha value is -1.22. The fourth-order valence-electron chi connectivity index (χ4n) is 3.52. The molecule has 0 bridgehead atoms. The monoisotopic (exact) mass is 288 g/mol. The van der Waals surface area contributed by atoms with Crippen LogP contribution in [-0.4, -0.2) is 25.2 Å². The van der Waals surface area contributed by atoms with Crippen LogP contribution in [0.15, 0.2) is 18.2 Å². The van der Waals surface area contributed by atoms with Gasteiger partial charge in [-0.25, -0.2) is 0 Å². The lowest BCUT2D eigenvalue weighted by molar-refractivity contribution is 0.322. The van der Waals surface area contributed by atoms with E-state index in [4.69, 9.17) is 4.74 Å². The first kappa shape index (κ1) is 14.7. The topological polar surface area (TPSA) is 33.3 Å². The van der Waals surface area contributed by atoms with E-state index < -0.39 is 0 Å². The second kappa shape index (κ2) is 7.17. The molecule has 3 rings (SSSR count). The van der Waals surface area contributed by atoms with Gasteiger partial charge in [0.2, 0.25) is 0 Å². The minimum absolute atomic E-state index is 0.593. The Morgan fingerprint density at radius 1 is 1.29 bits per heavy atom. The van der Waals surface area contributed by atoms with Crippen molar-refractivity contribution in [3.8, 4) is 5.75 Å². The highest BCUT2D eigenvalue weighted by Gasteiger charge is 2.18. The molecule has 1 aromatic rings. The molecule has 3 heteroatoms. The number of hydrogen-bond acceptors (Lipinski definition) is 3. The van der Waals surface area contributed by atoms with Crippen LogP contribution in [0, 0.1) is 0 Å². The Labute approximate surface area is 128 Å². The molecule has 0 amide bonds. The highest BCUT2D eigenvalue weighted by atomic mass is 16.5. The lowest BCUT2D eigenvalue weighted by Crippen LogP contribution is -2.40. The van der Waals surface area contributed by atoms with E-state index >= 15 is 0 Å². The van der Waals surface area contributed by atoms with Gasteiger partial charge in [-0.2, -0.15) is 0 Å². The molecule has 1 saturated carbocycles. The van der Waals surface area contributed by atoms with Crippen molar-refractivity contribution >= 4 is 5.69 Å². The van der Waals surface area contributed by atoms with Crippen molar-refractivity contribution in [2.24, 2.45) is 0 Å². The maximum Gasteiger partial charge on any atom is 0.142 e. The van der Waals surface area contributed by atoms with Crippen molar-refractivity contribution in [2.45, 2.75) is 64.0 Å². The Kier molecular flexibility index (Phi) is 5.02. The highest BCUT2D eigenvalue weighted by molar-refractivity contribution is 5.59. The van der Waals surface area contributed by atoms with Crippen LogP contribution >= 0.6 is 0 Å². The quantitative estimate of drug-likeness (QED) is 0.866. The molecule has 1 fully saturated rings. The predicted octanol–water partition coefficient (Wildman–Crippen LogP) is 3.73. The molecule has 1 atom stereocenters. The first-order chi connectivity index (χ1) is 10.3. The molecule has 2 aliphatic rings. The van der Waals surface area contributed by atoms with Gasteiger partial charge in [0.1, 0.15) is 12.4 Å². The maximum absolute atomic E-state index is 5.65. The Morgan fingerprint density at radius 2 is 2.14 bits per heavy atom. The Bertz CT molecular complexity index is 455. The van der Waals surface area contributed by atoms with Crippen LogP contribution in [0.4, 0.5) is 5.69 Å². The first-order valence-corrected chi connectivity index (χ1v) is 8.61. The fraction of sp³-hybridized carbons (Fsp3) is 0.667. The van der Waals surface area contributed by atoms with Gasteiger partial charge in [0, 0.05) is 18.6 Å².